The van der Waals surface area contributed by atoms with Gasteiger partial charge in [-0.15, -0.1) is 0 Å². The van der Waals surface area contributed by atoms with E-state index in [0.29, 0.717) is 12.5 Å². The van der Waals surface area contributed by atoms with Crippen molar-refractivity contribution in [2.45, 2.75) is 20.3 Å². The summed E-state index contributed by atoms with van der Waals surface area (Å²) < 4.78 is 0. The average Bonchev–Trinajstić information content (AvgIpc) is 2.11. The molecule has 1 atom stereocenters. The highest BCUT2D eigenvalue weighted by atomic mass is 16.2. The van der Waals surface area contributed by atoms with Gasteiger partial charge in [0.2, 0.25) is 11.8 Å². The van der Waals surface area contributed by atoms with E-state index in [9.17, 15) is 9.59 Å². The van der Waals surface area contributed by atoms with Gasteiger partial charge in [-0.05, 0) is 12.3 Å². The lowest BCUT2D eigenvalue weighted by Crippen LogP contribution is -2.41. The Balaban J connectivity index is 4.30. The van der Waals surface area contributed by atoms with Gasteiger partial charge in [0.05, 0.1) is 12.5 Å². The van der Waals surface area contributed by atoms with E-state index in [1.54, 1.807) is 7.05 Å². The Morgan fingerprint density at radius 1 is 1.33 bits per heavy atom. The Morgan fingerprint density at radius 2 is 1.87 bits per heavy atom. The maximum absolute atomic E-state index is 11.8. The monoisotopic (exact) mass is 215 g/mol. The molecule has 5 heteroatoms. The van der Waals surface area contributed by atoms with Crippen molar-refractivity contribution in [1.82, 2.24) is 4.90 Å². The van der Waals surface area contributed by atoms with E-state index in [1.807, 2.05) is 13.8 Å². The summed E-state index contributed by atoms with van der Waals surface area (Å²) in [7, 11) is 1.57. The molecule has 0 bridgehead atoms. The molecule has 0 spiro atoms. The smallest absolute Gasteiger partial charge is 0.237 e. The summed E-state index contributed by atoms with van der Waals surface area (Å²) in [6, 6.07) is 0. The van der Waals surface area contributed by atoms with Crippen LogP contribution in [0.5, 0.6) is 0 Å². The summed E-state index contributed by atoms with van der Waals surface area (Å²) in [4.78, 5) is 23.8. The summed E-state index contributed by atoms with van der Waals surface area (Å²) in [5, 5.41) is 0. The van der Waals surface area contributed by atoms with Crippen LogP contribution in [-0.2, 0) is 9.59 Å². The van der Waals surface area contributed by atoms with E-state index in [4.69, 9.17) is 11.5 Å². The molecule has 0 saturated heterocycles. The van der Waals surface area contributed by atoms with E-state index in [2.05, 4.69) is 0 Å². The van der Waals surface area contributed by atoms with Gasteiger partial charge in [-0.3, -0.25) is 9.59 Å². The zero-order valence-corrected chi connectivity index (χ0v) is 9.69. The highest BCUT2D eigenvalue weighted by molar-refractivity contribution is 5.85. The second-order valence-electron chi connectivity index (χ2n) is 4.22. The SMILES string of the molecule is CC(C)CC(CN)C(=O)N(C)CC(N)=O. The molecule has 1 unspecified atom stereocenters. The number of carbonyl (C=O) groups is 2. The third-order valence-corrected chi connectivity index (χ3v) is 2.16. The lowest BCUT2D eigenvalue weighted by Gasteiger charge is -2.22. The van der Waals surface area contributed by atoms with E-state index in [1.165, 1.54) is 4.90 Å². The first kappa shape index (κ1) is 13.9. The maximum atomic E-state index is 11.8. The van der Waals surface area contributed by atoms with E-state index in [0.717, 1.165) is 6.42 Å². The van der Waals surface area contributed by atoms with Crippen molar-refractivity contribution in [3.05, 3.63) is 0 Å². The van der Waals surface area contributed by atoms with Crippen LogP contribution in [0, 0.1) is 11.8 Å². The predicted molar refractivity (Wildman–Crippen MR) is 58.8 cm³/mol. The van der Waals surface area contributed by atoms with Crippen LogP contribution in [0.2, 0.25) is 0 Å². The number of hydrogen-bond acceptors (Lipinski definition) is 3. The van der Waals surface area contributed by atoms with Gasteiger partial charge in [0, 0.05) is 13.6 Å². The number of nitrogens with two attached hydrogens (primary N) is 2. The van der Waals surface area contributed by atoms with E-state index < -0.39 is 5.91 Å². The molecule has 0 aliphatic heterocycles. The Hall–Kier alpha value is -1.10. The fourth-order valence-electron chi connectivity index (χ4n) is 1.49. The zero-order valence-electron chi connectivity index (χ0n) is 9.69. The van der Waals surface area contributed by atoms with Gasteiger partial charge in [-0.25, -0.2) is 0 Å². The van der Waals surface area contributed by atoms with Gasteiger partial charge in [-0.1, -0.05) is 13.8 Å². The molecule has 0 saturated carbocycles. The summed E-state index contributed by atoms with van der Waals surface area (Å²) in [5.74, 6) is -0.421. The molecular formula is C10H21N3O2. The predicted octanol–water partition coefficient (Wildman–Crippen LogP) is -0.449. The van der Waals surface area contributed by atoms with Gasteiger partial charge in [0.1, 0.15) is 0 Å². The lowest BCUT2D eigenvalue weighted by molar-refractivity contribution is -0.137. The zero-order chi connectivity index (χ0) is 12.0. The molecule has 0 aliphatic carbocycles. The first-order valence-electron chi connectivity index (χ1n) is 5.11. The number of hydrogen-bond donors (Lipinski definition) is 2. The molecule has 4 N–H and O–H groups in total. The standard InChI is InChI=1S/C10H21N3O2/c1-7(2)4-8(5-11)10(15)13(3)6-9(12)14/h7-8H,4-6,11H2,1-3H3,(H2,12,14). The third-order valence-electron chi connectivity index (χ3n) is 2.16. The number of primary amides is 1. The van der Waals surface area contributed by atoms with Gasteiger partial charge < -0.3 is 16.4 Å². The van der Waals surface area contributed by atoms with Crippen molar-refractivity contribution in [1.29, 1.82) is 0 Å². The molecule has 0 fully saturated rings. The normalized spacial score (nSPS) is 12.6. The number of likely N-dealkylation sites (N-methyl/N-ethyl adjacent to an activating group) is 1. The minimum Gasteiger partial charge on any atom is -0.368 e. The molecule has 15 heavy (non-hydrogen) atoms. The Kier molecular flexibility index (Phi) is 5.93. The average molecular weight is 215 g/mol. The Labute approximate surface area is 90.8 Å². The van der Waals surface area contributed by atoms with Crippen LogP contribution in [0.1, 0.15) is 20.3 Å². The number of nitrogens with zero attached hydrogens (tertiary/aromatic N) is 1. The van der Waals surface area contributed by atoms with Crippen molar-refractivity contribution in [3.63, 3.8) is 0 Å². The summed E-state index contributed by atoms with van der Waals surface area (Å²) in [6.45, 7) is 4.32. The Morgan fingerprint density at radius 3 is 2.20 bits per heavy atom. The molecule has 0 rings (SSSR count). The molecule has 0 aromatic rings. The van der Waals surface area contributed by atoms with Crippen molar-refractivity contribution < 1.29 is 9.59 Å². The van der Waals surface area contributed by atoms with Crippen LogP contribution in [0.25, 0.3) is 0 Å². The highest BCUT2D eigenvalue weighted by Gasteiger charge is 2.22. The highest BCUT2D eigenvalue weighted by Crippen LogP contribution is 2.12. The van der Waals surface area contributed by atoms with Crippen LogP contribution >= 0.6 is 0 Å². The number of amides is 2. The van der Waals surface area contributed by atoms with Gasteiger partial charge in [0.25, 0.3) is 0 Å². The molecule has 5 nitrogen and oxygen atoms in total. The van der Waals surface area contributed by atoms with Crippen molar-refractivity contribution in [2.75, 3.05) is 20.1 Å². The Bertz CT molecular complexity index is 229. The fourth-order valence-corrected chi connectivity index (χ4v) is 1.49. The summed E-state index contributed by atoms with van der Waals surface area (Å²) >= 11 is 0. The molecule has 2 amide bonds. The molecule has 0 aromatic carbocycles. The van der Waals surface area contributed by atoms with Crippen LogP contribution in [0.15, 0.2) is 0 Å². The second kappa shape index (κ2) is 6.40. The van der Waals surface area contributed by atoms with Gasteiger partial charge in [0.15, 0.2) is 0 Å². The van der Waals surface area contributed by atoms with E-state index >= 15 is 0 Å². The second-order valence-corrected chi connectivity index (χ2v) is 4.22. The van der Waals surface area contributed by atoms with Gasteiger partial charge in [-0.2, -0.15) is 0 Å². The van der Waals surface area contributed by atoms with Crippen molar-refractivity contribution in [3.8, 4) is 0 Å². The minimum absolute atomic E-state index is 0.0482. The topological polar surface area (TPSA) is 89.4 Å². The molecular weight excluding hydrogens is 194 g/mol. The van der Waals surface area contributed by atoms with Gasteiger partial charge >= 0.3 is 0 Å². The summed E-state index contributed by atoms with van der Waals surface area (Å²) in [5.41, 5.74) is 10.5. The first-order valence-corrected chi connectivity index (χ1v) is 5.11. The third kappa shape index (κ3) is 5.37. The molecule has 88 valence electrons. The molecule has 0 aliphatic rings. The maximum Gasteiger partial charge on any atom is 0.237 e. The number of rotatable bonds is 6. The molecule has 0 radical (unpaired) electrons. The largest absolute Gasteiger partial charge is 0.368 e. The van der Waals surface area contributed by atoms with Crippen molar-refractivity contribution in [2.24, 2.45) is 23.3 Å². The van der Waals surface area contributed by atoms with Crippen LogP contribution < -0.4 is 11.5 Å². The minimum atomic E-state index is -0.508. The number of carbonyl (C=O) groups excluding carboxylic acids is 2. The van der Waals surface area contributed by atoms with Crippen LogP contribution in [-0.4, -0.2) is 36.9 Å². The van der Waals surface area contributed by atoms with E-state index in [-0.39, 0.29) is 18.4 Å². The first-order chi connectivity index (χ1) is 6.88. The fraction of sp³-hybridized carbons (Fsp3) is 0.800. The molecule has 0 heterocycles. The molecule has 0 aromatic heterocycles. The van der Waals surface area contributed by atoms with Crippen LogP contribution in [0.4, 0.5) is 0 Å². The quantitative estimate of drug-likeness (QED) is 0.629. The summed E-state index contributed by atoms with van der Waals surface area (Å²) in [6.07, 6.45) is 0.735. The van der Waals surface area contributed by atoms with Crippen LogP contribution in [0.3, 0.4) is 0 Å². The van der Waals surface area contributed by atoms with Crippen molar-refractivity contribution >= 4 is 11.8 Å². The lowest BCUT2D eigenvalue weighted by atomic mass is 9.96.